The molecule has 1 aromatic heterocycles. The van der Waals surface area contributed by atoms with Crippen molar-refractivity contribution in [2.45, 2.75) is 13.5 Å². The normalized spacial score (nSPS) is 10.3. The van der Waals surface area contributed by atoms with Gasteiger partial charge in [0, 0.05) is 18.3 Å². The van der Waals surface area contributed by atoms with E-state index in [1.807, 2.05) is 18.2 Å². The third-order valence-electron chi connectivity index (χ3n) is 3.79. The molecular weight excluding hydrogens is 330 g/mol. The second-order valence-corrected chi connectivity index (χ2v) is 5.70. The van der Waals surface area contributed by atoms with Crippen LogP contribution in [0, 0.1) is 6.92 Å². The van der Waals surface area contributed by atoms with E-state index in [9.17, 15) is 0 Å². The molecule has 0 bridgehead atoms. The van der Waals surface area contributed by atoms with Crippen LogP contribution in [0.2, 0.25) is 0 Å². The molecule has 0 atom stereocenters. The number of benzene rings is 2. The number of hydrogen-bond acceptors (Lipinski definition) is 7. The molecule has 2 N–H and O–H groups in total. The van der Waals surface area contributed by atoms with Crippen molar-refractivity contribution in [1.29, 1.82) is 0 Å². The summed E-state index contributed by atoms with van der Waals surface area (Å²) in [5.41, 5.74) is 3.18. The van der Waals surface area contributed by atoms with Crippen LogP contribution in [0.25, 0.3) is 0 Å². The molecule has 3 aromatic rings. The van der Waals surface area contributed by atoms with E-state index in [0.29, 0.717) is 29.8 Å². The van der Waals surface area contributed by atoms with Gasteiger partial charge in [-0.3, -0.25) is 0 Å². The first-order valence-electron chi connectivity index (χ1n) is 8.16. The minimum absolute atomic E-state index is 0.395. The third-order valence-corrected chi connectivity index (χ3v) is 3.79. The summed E-state index contributed by atoms with van der Waals surface area (Å²) >= 11 is 0. The van der Waals surface area contributed by atoms with E-state index in [1.54, 1.807) is 20.4 Å². The summed E-state index contributed by atoms with van der Waals surface area (Å²) in [7, 11) is 3.19. The van der Waals surface area contributed by atoms with Crippen LogP contribution in [-0.2, 0) is 6.54 Å². The van der Waals surface area contributed by atoms with Gasteiger partial charge in [-0.05, 0) is 24.6 Å². The van der Waals surface area contributed by atoms with Crippen LogP contribution in [0.3, 0.4) is 0 Å². The topological polar surface area (TPSA) is 81.2 Å². The zero-order valence-corrected chi connectivity index (χ0v) is 15.0. The summed E-state index contributed by atoms with van der Waals surface area (Å²) in [5.74, 6) is 2.32. The van der Waals surface area contributed by atoms with Gasteiger partial charge in [-0.15, -0.1) is 5.10 Å². The standard InChI is InChI=1S/C19H21N5O2/c1-13-4-6-14(7-5-13)11-20-18-12-21-24-19(23-18)22-15-8-9-16(25-2)17(10-15)26-3/h4-10,12H,11H2,1-3H3,(H2,20,22,23,24). The van der Waals surface area contributed by atoms with Gasteiger partial charge in [-0.2, -0.15) is 10.1 Å². The van der Waals surface area contributed by atoms with E-state index in [0.717, 1.165) is 5.69 Å². The minimum atomic E-state index is 0.395. The van der Waals surface area contributed by atoms with E-state index in [1.165, 1.54) is 11.1 Å². The molecule has 2 aromatic carbocycles. The van der Waals surface area contributed by atoms with Gasteiger partial charge in [-0.25, -0.2) is 0 Å². The summed E-state index contributed by atoms with van der Waals surface area (Å²) in [6.07, 6.45) is 1.59. The summed E-state index contributed by atoms with van der Waals surface area (Å²) in [6.45, 7) is 2.73. The van der Waals surface area contributed by atoms with Gasteiger partial charge in [0.15, 0.2) is 17.3 Å². The highest BCUT2D eigenvalue weighted by Gasteiger charge is 2.07. The Morgan fingerprint density at radius 2 is 1.73 bits per heavy atom. The zero-order valence-electron chi connectivity index (χ0n) is 15.0. The van der Waals surface area contributed by atoms with E-state index in [-0.39, 0.29) is 0 Å². The maximum absolute atomic E-state index is 5.30. The van der Waals surface area contributed by atoms with E-state index < -0.39 is 0 Å². The number of methoxy groups -OCH3 is 2. The number of hydrogen-bond donors (Lipinski definition) is 2. The van der Waals surface area contributed by atoms with Crippen molar-refractivity contribution >= 4 is 17.5 Å². The van der Waals surface area contributed by atoms with Crippen molar-refractivity contribution in [3.63, 3.8) is 0 Å². The van der Waals surface area contributed by atoms with Crippen LogP contribution in [0.15, 0.2) is 48.7 Å². The monoisotopic (exact) mass is 351 g/mol. The zero-order chi connectivity index (χ0) is 18.4. The number of anilines is 3. The molecule has 1 heterocycles. The van der Waals surface area contributed by atoms with Crippen LogP contribution in [0.4, 0.5) is 17.5 Å². The maximum atomic E-state index is 5.30. The average Bonchev–Trinajstić information content (AvgIpc) is 2.68. The smallest absolute Gasteiger partial charge is 0.249 e. The van der Waals surface area contributed by atoms with Crippen molar-refractivity contribution < 1.29 is 9.47 Å². The molecule has 7 nitrogen and oxygen atoms in total. The largest absolute Gasteiger partial charge is 0.493 e. The average molecular weight is 351 g/mol. The predicted molar refractivity (Wildman–Crippen MR) is 101 cm³/mol. The van der Waals surface area contributed by atoms with Crippen molar-refractivity contribution in [2.24, 2.45) is 0 Å². The Labute approximate surface area is 152 Å². The molecule has 0 aliphatic carbocycles. The first kappa shape index (κ1) is 17.5. The number of aromatic nitrogens is 3. The molecule has 0 saturated heterocycles. The highest BCUT2D eigenvalue weighted by molar-refractivity contribution is 5.60. The van der Waals surface area contributed by atoms with E-state index in [4.69, 9.17) is 9.47 Å². The van der Waals surface area contributed by atoms with Gasteiger partial charge in [0.25, 0.3) is 0 Å². The molecule has 3 rings (SSSR count). The van der Waals surface area contributed by atoms with Crippen molar-refractivity contribution in [3.05, 3.63) is 59.8 Å². The Morgan fingerprint density at radius 1 is 0.962 bits per heavy atom. The molecule has 0 amide bonds. The molecule has 134 valence electrons. The molecule has 0 spiro atoms. The Hall–Kier alpha value is -3.35. The first-order chi connectivity index (χ1) is 12.7. The molecule has 0 fully saturated rings. The number of ether oxygens (including phenoxy) is 2. The molecule has 7 heteroatoms. The van der Waals surface area contributed by atoms with Gasteiger partial charge in [-0.1, -0.05) is 29.8 Å². The van der Waals surface area contributed by atoms with Crippen LogP contribution in [-0.4, -0.2) is 29.4 Å². The highest BCUT2D eigenvalue weighted by Crippen LogP contribution is 2.30. The van der Waals surface area contributed by atoms with Gasteiger partial charge >= 0.3 is 0 Å². The molecule has 0 aliphatic heterocycles. The number of rotatable bonds is 7. The lowest BCUT2D eigenvalue weighted by Gasteiger charge is -2.11. The lowest BCUT2D eigenvalue weighted by atomic mass is 10.1. The summed E-state index contributed by atoms with van der Waals surface area (Å²) < 4.78 is 10.5. The second-order valence-electron chi connectivity index (χ2n) is 5.70. The quantitative estimate of drug-likeness (QED) is 0.673. The first-order valence-corrected chi connectivity index (χ1v) is 8.16. The second kappa shape index (κ2) is 8.15. The maximum Gasteiger partial charge on any atom is 0.249 e. The number of nitrogens with one attached hydrogen (secondary N) is 2. The molecular formula is C19H21N5O2. The fourth-order valence-corrected chi connectivity index (χ4v) is 2.38. The summed E-state index contributed by atoms with van der Waals surface area (Å²) in [4.78, 5) is 4.43. The van der Waals surface area contributed by atoms with E-state index in [2.05, 4.69) is 57.0 Å². The van der Waals surface area contributed by atoms with Gasteiger partial charge in [0.05, 0.1) is 20.4 Å². The van der Waals surface area contributed by atoms with Crippen LogP contribution in [0.5, 0.6) is 11.5 Å². The summed E-state index contributed by atoms with van der Waals surface area (Å²) in [6, 6.07) is 13.8. The third kappa shape index (κ3) is 4.38. The fourth-order valence-electron chi connectivity index (χ4n) is 2.38. The highest BCUT2D eigenvalue weighted by atomic mass is 16.5. The molecule has 0 radical (unpaired) electrons. The predicted octanol–water partition coefficient (Wildman–Crippen LogP) is 3.55. The van der Waals surface area contributed by atoms with Crippen LogP contribution >= 0.6 is 0 Å². The van der Waals surface area contributed by atoms with E-state index >= 15 is 0 Å². The molecule has 26 heavy (non-hydrogen) atoms. The molecule has 0 unspecified atom stereocenters. The van der Waals surface area contributed by atoms with Crippen LogP contribution in [0.1, 0.15) is 11.1 Å². The fraction of sp³-hybridized carbons (Fsp3) is 0.211. The number of nitrogens with zero attached hydrogens (tertiary/aromatic N) is 3. The summed E-state index contributed by atoms with van der Waals surface area (Å²) in [5, 5.41) is 14.4. The minimum Gasteiger partial charge on any atom is -0.493 e. The van der Waals surface area contributed by atoms with Gasteiger partial charge < -0.3 is 20.1 Å². The SMILES string of the molecule is COc1ccc(Nc2nncc(NCc3ccc(C)cc3)n2)cc1OC. The molecule has 0 saturated carbocycles. The lowest BCUT2D eigenvalue weighted by Crippen LogP contribution is -2.05. The van der Waals surface area contributed by atoms with Gasteiger partial charge in [0.2, 0.25) is 5.95 Å². The van der Waals surface area contributed by atoms with Crippen molar-refractivity contribution in [2.75, 3.05) is 24.9 Å². The Kier molecular flexibility index (Phi) is 5.48. The van der Waals surface area contributed by atoms with Gasteiger partial charge in [0.1, 0.15) is 0 Å². The van der Waals surface area contributed by atoms with Crippen molar-refractivity contribution in [3.8, 4) is 11.5 Å². The molecule has 0 aliphatic rings. The Balaban J connectivity index is 1.68. The van der Waals surface area contributed by atoms with Crippen LogP contribution < -0.4 is 20.1 Å². The number of aryl methyl sites for hydroxylation is 1. The van der Waals surface area contributed by atoms with Crippen molar-refractivity contribution in [1.82, 2.24) is 15.2 Å². The Bertz CT molecular complexity index is 868. The Morgan fingerprint density at radius 3 is 2.46 bits per heavy atom. The lowest BCUT2D eigenvalue weighted by molar-refractivity contribution is 0.355.